The van der Waals surface area contributed by atoms with Gasteiger partial charge in [0.15, 0.2) is 19.7 Å². The summed E-state index contributed by atoms with van der Waals surface area (Å²) in [6, 6.07) is 14.4. The Hall–Kier alpha value is -1.70. The van der Waals surface area contributed by atoms with Gasteiger partial charge in [-0.1, -0.05) is 70.6 Å². The molecule has 0 aliphatic rings. The average molecular weight is 507 g/mol. The summed E-state index contributed by atoms with van der Waals surface area (Å²) in [6.07, 6.45) is 7.53. The first-order valence-corrected chi connectivity index (χ1v) is 16.0. The molecular weight excluding hydrogens is 472 g/mol. The molecule has 3 rings (SSSR count). The first-order chi connectivity index (χ1) is 15.8. The van der Waals surface area contributed by atoms with Crippen LogP contribution in [0.5, 0.6) is 0 Å². The van der Waals surface area contributed by atoms with Crippen molar-refractivity contribution in [2.45, 2.75) is 75.0 Å². The molecule has 1 aromatic heterocycles. The number of hydrogen-bond donors (Lipinski definition) is 0. The molecule has 1 heterocycles. The number of thiophene rings is 1. The van der Waals surface area contributed by atoms with E-state index < -0.39 is 19.7 Å². The highest BCUT2D eigenvalue weighted by Crippen LogP contribution is 2.35. The molecular formula is C26H34O4S3. The van der Waals surface area contributed by atoms with Crippen LogP contribution in [0.15, 0.2) is 58.3 Å². The topological polar surface area (TPSA) is 68.3 Å². The van der Waals surface area contributed by atoms with Gasteiger partial charge in [0.1, 0.15) is 0 Å². The number of fused-ring (bicyclic) bond motifs is 1. The van der Waals surface area contributed by atoms with Gasteiger partial charge in [-0.3, -0.25) is 0 Å². The predicted octanol–water partition coefficient (Wildman–Crippen LogP) is 7.28. The van der Waals surface area contributed by atoms with Crippen molar-refractivity contribution in [2.75, 3.05) is 11.5 Å². The molecule has 0 N–H and O–H groups in total. The van der Waals surface area contributed by atoms with Crippen LogP contribution in [-0.4, -0.2) is 28.3 Å². The van der Waals surface area contributed by atoms with Gasteiger partial charge in [-0.25, -0.2) is 16.8 Å². The molecule has 0 amide bonds. The summed E-state index contributed by atoms with van der Waals surface area (Å²) in [7, 11) is -6.54. The highest BCUT2D eigenvalue weighted by atomic mass is 32.2. The van der Waals surface area contributed by atoms with Gasteiger partial charge in [0.25, 0.3) is 0 Å². The molecule has 0 spiro atoms. The van der Waals surface area contributed by atoms with Crippen molar-refractivity contribution in [3.8, 4) is 10.4 Å². The maximum Gasteiger partial charge on any atom is 0.178 e. The van der Waals surface area contributed by atoms with Gasteiger partial charge in [0.05, 0.1) is 21.3 Å². The molecule has 0 saturated carbocycles. The van der Waals surface area contributed by atoms with E-state index in [2.05, 4.69) is 13.8 Å². The van der Waals surface area contributed by atoms with Crippen LogP contribution in [0.25, 0.3) is 20.5 Å². The van der Waals surface area contributed by atoms with E-state index in [1.807, 2.05) is 24.3 Å². The number of sulfone groups is 2. The summed E-state index contributed by atoms with van der Waals surface area (Å²) >= 11 is 1.53. The van der Waals surface area contributed by atoms with Crippen LogP contribution in [0, 0.1) is 0 Å². The van der Waals surface area contributed by atoms with Crippen LogP contribution in [0.2, 0.25) is 0 Å². The second kappa shape index (κ2) is 11.6. The highest BCUT2D eigenvalue weighted by molar-refractivity contribution is 7.91. The van der Waals surface area contributed by atoms with Crippen molar-refractivity contribution in [2.24, 2.45) is 0 Å². The zero-order chi connectivity index (χ0) is 23.9. The van der Waals surface area contributed by atoms with Crippen molar-refractivity contribution in [3.63, 3.8) is 0 Å². The highest BCUT2D eigenvalue weighted by Gasteiger charge is 2.17. The van der Waals surface area contributed by atoms with Crippen LogP contribution < -0.4 is 0 Å². The molecule has 0 saturated heterocycles. The lowest BCUT2D eigenvalue weighted by Crippen LogP contribution is -2.06. The van der Waals surface area contributed by atoms with E-state index in [-0.39, 0.29) is 11.5 Å². The van der Waals surface area contributed by atoms with E-state index >= 15 is 0 Å². The van der Waals surface area contributed by atoms with Gasteiger partial charge in [-0.2, -0.15) is 0 Å². The largest absolute Gasteiger partial charge is 0.224 e. The first-order valence-electron chi connectivity index (χ1n) is 11.9. The summed E-state index contributed by atoms with van der Waals surface area (Å²) in [5.74, 6) is 0.371. The third-order valence-electron chi connectivity index (χ3n) is 5.88. The normalized spacial score (nSPS) is 12.4. The number of unbranched alkanes of at least 4 members (excludes halogenated alkanes) is 6. The summed E-state index contributed by atoms with van der Waals surface area (Å²) in [6.45, 7) is 4.22. The molecule has 3 aromatic rings. The molecule has 0 fully saturated rings. The second-order valence-electron chi connectivity index (χ2n) is 8.59. The maximum atomic E-state index is 12.7. The number of hydrogen-bond acceptors (Lipinski definition) is 5. The Kier molecular flexibility index (Phi) is 9.13. The van der Waals surface area contributed by atoms with E-state index in [0.717, 1.165) is 59.1 Å². The van der Waals surface area contributed by atoms with Gasteiger partial charge in [-0.15, -0.1) is 11.3 Å². The Morgan fingerprint density at radius 3 is 1.76 bits per heavy atom. The van der Waals surface area contributed by atoms with Gasteiger partial charge in [-0.05, 0) is 54.1 Å². The standard InChI is InChI=1S/C26H34O4S3/c1-3-5-7-9-17-32(27,28)23-14-11-21(12-15-23)25-19-22-13-16-24(20-26(22)31-25)33(29,30)18-10-8-6-4-2/h11-16,19-20H,3-10,17-18H2,1-2H3. The van der Waals surface area contributed by atoms with Crippen molar-refractivity contribution in [1.82, 2.24) is 0 Å². The lowest BCUT2D eigenvalue weighted by atomic mass is 10.1. The van der Waals surface area contributed by atoms with Crippen molar-refractivity contribution >= 4 is 41.1 Å². The number of benzene rings is 2. The SMILES string of the molecule is CCCCCCS(=O)(=O)c1ccc(-c2cc3ccc(S(=O)(=O)CCCCCC)cc3s2)cc1. The Morgan fingerprint density at radius 2 is 1.18 bits per heavy atom. The molecule has 2 aromatic carbocycles. The Morgan fingerprint density at radius 1 is 0.636 bits per heavy atom. The van der Waals surface area contributed by atoms with Gasteiger partial charge < -0.3 is 0 Å². The van der Waals surface area contributed by atoms with Gasteiger partial charge >= 0.3 is 0 Å². The van der Waals surface area contributed by atoms with Gasteiger partial charge in [0.2, 0.25) is 0 Å². The summed E-state index contributed by atoms with van der Waals surface area (Å²) < 4.78 is 51.5. The Labute approximate surface area is 202 Å². The molecule has 7 heteroatoms. The zero-order valence-electron chi connectivity index (χ0n) is 19.5. The maximum absolute atomic E-state index is 12.7. The second-order valence-corrected chi connectivity index (χ2v) is 13.9. The van der Waals surface area contributed by atoms with Crippen LogP contribution in [0.3, 0.4) is 0 Å². The van der Waals surface area contributed by atoms with E-state index in [0.29, 0.717) is 22.6 Å². The fraction of sp³-hybridized carbons (Fsp3) is 0.462. The molecule has 4 nitrogen and oxygen atoms in total. The third-order valence-corrected chi connectivity index (χ3v) is 10.6. The van der Waals surface area contributed by atoms with Crippen molar-refractivity contribution in [1.29, 1.82) is 0 Å². The fourth-order valence-electron chi connectivity index (χ4n) is 3.85. The quantitative estimate of drug-likeness (QED) is 0.229. The minimum Gasteiger partial charge on any atom is -0.224 e. The van der Waals surface area contributed by atoms with Crippen LogP contribution in [0.1, 0.15) is 65.2 Å². The minimum atomic E-state index is -3.28. The molecule has 0 bridgehead atoms. The third kappa shape index (κ3) is 6.90. The van der Waals surface area contributed by atoms with E-state index in [1.54, 1.807) is 24.3 Å². The van der Waals surface area contributed by atoms with Crippen LogP contribution >= 0.6 is 11.3 Å². The zero-order valence-corrected chi connectivity index (χ0v) is 22.0. The van der Waals surface area contributed by atoms with E-state index in [1.165, 1.54) is 11.3 Å². The lowest BCUT2D eigenvalue weighted by Gasteiger charge is -2.05. The lowest BCUT2D eigenvalue weighted by molar-refractivity contribution is 0.587. The van der Waals surface area contributed by atoms with Crippen LogP contribution in [-0.2, 0) is 19.7 Å². The molecule has 0 aliphatic heterocycles. The summed E-state index contributed by atoms with van der Waals surface area (Å²) in [4.78, 5) is 1.74. The summed E-state index contributed by atoms with van der Waals surface area (Å²) in [5, 5.41) is 0.993. The molecule has 0 atom stereocenters. The molecule has 0 aliphatic carbocycles. The fourth-order valence-corrected chi connectivity index (χ4v) is 7.79. The minimum absolute atomic E-state index is 0.185. The predicted molar refractivity (Wildman–Crippen MR) is 140 cm³/mol. The van der Waals surface area contributed by atoms with Crippen LogP contribution in [0.4, 0.5) is 0 Å². The Balaban J connectivity index is 1.75. The smallest absolute Gasteiger partial charge is 0.178 e. The number of rotatable bonds is 13. The van der Waals surface area contributed by atoms with E-state index in [9.17, 15) is 16.8 Å². The molecule has 0 unspecified atom stereocenters. The molecule has 0 radical (unpaired) electrons. The van der Waals surface area contributed by atoms with E-state index in [4.69, 9.17) is 0 Å². The monoisotopic (exact) mass is 506 g/mol. The molecule has 33 heavy (non-hydrogen) atoms. The average Bonchev–Trinajstić information content (AvgIpc) is 3.23. The van der Waals surface area contributed by atoms with Crippen molar-refractivity contribution < 1.29 is 16.8 Å². The molecule has 180 valence electrons. The van der Waals surface area contributed by atoms with Crippen molar-refractivity contribution in [3.05, 3.63) is 48.5 Å². The summed E-state index contributed by atoms with van der Waals surface area (Å²) in [5.41, 5.74) is 0.935. The van der Waals surface area contributed by atoms with Gasteiger partial charge in [0, 0.05) is 9.58 Å². The Bertz CT molecular complexity index is 1250. The first kappa shape index (κ1) is 25.9.